The molecule has 0 radical (unpaired) electrons. The molecule has 1 aromatic heterocycles. The van der Waals surface area contributed by atoms with E-state index in [0.29, 0.717) is 23.6 Å². The van der Waals surface area contributed by atoms with Crippen LogP contribution < -0.4 is 9.47 Å². The van der Waals surface area contributed by atoms with E-state index in [-0.39, 0.29) is 18.1 Å². The molecule has 4 saturated carbocycles. The van der Waals surface area contributed by atoms with Crippen molar-refractivity contribution in [3.8, 4) is 17.6 Å². The van der Waals surface area contributed by atoms with Gasteiger partial charge in [-0.2, -0.15) is 5.26 Å². The molecular formula is C25H28N2O4. The van der Waals surface area contributed by atoms with Crippen LogP contribution in [0.15, 0.2) is 41.0 Å². The first kappa shape index (κ1) is 20.0. The third-order valence-corrected chi connectivity index (χ3v) is 7.42. The van der Waals surface area contributed by atoms with Gasteiger partial charge in [-0.15, -0.1) is 0 Å². The Morgan fingerprint density at radius 3 is 2.45 bits per heavy atom. The zero-order chi connectivity index (χ0) is 21.4. The van der Waals surface area contributed by atoms with Crippen molar-refractivity contribution in [2.24, 2.45) is 17.8 Å². The predicted octanol–water partition coefficient (Wildman–Crippen LogP) is 4.54. The maximum Gasteiger partial charge on any atom is 0.261 e. The van der Waals surface area contributed by atoms with Crippen LogP contribution in [0.2, 0.25) is 0 Å². The molecule has 1 heterocycles. The highest BCUT2D eigenvalue weighted by Crippen LogP contribution is 2.58. The molecule has 162 valence electrons. The number of hydrogen-bond acceptors (Lipinski definition) is 5. The van der Waals surface area contributed by atoms with Crippen molar-refractivity contribution in [1.29, 1.82) is 5.26 Å². The molecule has 0 saturated heterocycles. The van der Waals surface area contributed by atoms with Gasteiger partial charge in [0.2, 0.25) is 0 Å². The third-order valence-electron chi connectivity index (χ3n) is 7.42. The normalized spacial score (nSPS) is 28.2. The van der Waals surface area contributed by atoms with E-state index in [2.05, 4.69) is 6.07 Å². The van der Waals surface area contributed by atoms with E-state index in [1.807, 2.05) is 17.0 Å². The first-order chi connectivity index (χ1) is 15.1. The summed E-state index contributed by atoms with van der Waals surface area (Å²) in [7, 11) is 1.53. The van der Waals surface area contributed by atoms with E-state index in [1.54, 1.807) is 24.5 Å². The van der Waals surface area contributed by atoms with E-state index < -0.39 is 0 Å². The lowest BCUT2D eigenvalue weighted by atomic mass is 9.52. The topological polar surface area (TPSA) is 75.7 Å². The minimum absolute atomic E-state index is 0.0234. The number of methoxy groups -OCH3 is 1. The van der Waals surface area contributed by atoms with Crippen molar-refractivity contribution >= 4 is 5.91 Å². The number of rotatable bonds is 7. The Labute approximate surface area is 182 Å². The Bertz CT molecular complexity index is 956. The SMILES string of the molecule is COc1cc(C#N)ccc1OCC(=O)N(Cc1ccco1)C12CC3CC(CC(C3)C1)C2. The lowest BCUT2D eigenvalue weighted by Crippen LogP contribution is -2.61. The van der Waals surface area contributed by atoms with E-state index in [4.69, 9.17) is 19.2 Å². The highest BCUT2D eigenvalue weighted by atomic mass is 16.5. The predicted molar refractivity (Wildman–Crippen MR) is 113 cm³/mol. The molecule has 0 aliphatic heterocycles. The van der Waals surface area contributed by atoms with E-state index in [1.165, 1.54) is 26.4 Å². The van der Waals surface area contributed by atoms with Gasteiger partial charge in [-0.05, 0) is 80.5 Å². The summed E-state index contributed by atoms with van der Waals surface area (Å²) in [4.78, 5) is 15.6. The van der Waals surface area contributed by atoms with Gasteiger partial charge in [0.25, 0.3) is 5.91 Å². The van der Waals surface area contributed by atoms with Gasteiger partial charge in [0.1, 0.15) is 5.76 Å². The molecule has 4 aliphatic rings. The van der Waals surface area contributed by atoms with Crippen LogP contribution in [-0.4, -0.2) is 30.1 Å². The van der Waals surface area contributed by atoms with Gasteiger partial charge in [0.15, 0.2) is 18.1 Å². The molecule has 2 aromatic rings. The second-order valence-corrected chi connectivity index (χ2v) is 9.47. The number of nitriles is 1. The molecule has 6 heteroatoms. The van der Waals surface area contributed by atoms with Crippen LogP contribution in [0, 0.1) is 29.1 Å². The Balaban J connectivity index is 1.37. The number of benzene rings is 1. The summed E-state index contributed by atoms with van der Waals surface area (Å²) in [5.74, 6) is 3.91. The molecule has 0 unspecified atom stereocenters. The second-order valence-electron chi connectivity index (χ2n) is 9.47. The van der Waals surface area contributed by atoms with Gasteiger partial charge in [-0.1, -0.05) is 0 Å². The maximum atomic E-state index is 13.5. The van der Waals surface area contributed by atoms with Crippen LogP contribution in [0.3, 0.4) is 0 Å². The molecule has 31 heavy (non-hydrogen) atoms. The summed E-state index contributed by atoms with van der Waals surface area (Å²) in [6.07, 6.45) is 8.89. The molecule has 6 nitrogen and oxygen atoms in total. The van der Waals surface area contributed by atoms with Gasteiger partial charge in [-0.25, -0.2) is 0 Å². The minimum Gasteiger partial charge on any atom is -0.493 e. The largest absolute Gasteiger partial charge is 0.493 e. The van der Waals surface area contributed by atoms with Gasteiger partial charge in [0, 0.05) is 11.6 Å². The summed E-state index contributed by atoms with van der Waals surface area (Å²) in [5.41, 5.74) is 0.403. The smallest absolute Gasteiger partial charge is 0.261 e. The van der Waals surface area contributed by atoms with Gasteiger partial charge in [-0.3, -0.25) is 4.79 Å². The van der Waals surface area contributed by atoms with Gasteiger partial charge in [0.05, 0.1) is 31.6 Å². The Hall–Kier alpha value is -2.94. The molecule has 1 aromatic carbocycles. The summed E-state index contributed by atoms with van der Waals surface area (Å²) in [5, 5.41) is 9.10. The van der Waals surface area contributed by atoms with E-state index >= 15 is 0 Å². The molecule has 4 aliphatic carbocycles. The summed E-state index contributed by atoms with van der Waals surface area (Å²) < 4.78 is 16.9. The quantitative estimate of drug-likeness (QED) is 0.657. The molecule has 4 bridgehead atoms. The number of carbonyl (C=O) groups is 1. The van der Waals surface area contributed by atoms with Crippen molar-refractivity contribution in [2.45, 2.75) is 50.6 Å². The molecule has 0 spiro atoms. The average molecular weight is 421 g/mol. The Morgan fingerprint density at radius 2 is 1.87 bits per heavy atom. The van der Waals surface area contributed by atoms with Crippen molar-refractivity contribution in [2.75, 3.05) is 13.7 Å². The fourth-order valence-electron chi connectivity index (χ4n) is 6.55. The first-order valence-electron chi connectivity index (χ1n) is 11.1. The van der Waals surface area contributed by atoms with Crippen molar-refractivity contribution < 1.29 is 18.7 Å². The molecule has 0 N–H and O–H groups in total. The van der Waals surface area contributed by atoms with E-state index in [0.717, 1.165) is 42.8 Å². The van der Waals surface area contributed by atoms with Crippen LogP contribution in [0.25, 0.3) is 0 Å². The number of nitrogens with zero attached hydrogens (tertiary/aromatic N) is 2. The Kier molecular flexibility index (Phi) is 5.13. The highest BCUT2D eigenvalue weighted by Gasteiger charge is 2.54. The van der Waals surface area contributed by atoms with Crippen LogP contribution >= 0.6 is 0 Å². The van der Waals surface area contributed by atoms with Gasteiger partial charge >= 0.3 is 0 Å². The van der Waals surface area contributed by atoms with Crippen LogP contribution in [0.4, 0.5) is 0 Å². The molecule has 6 rings (SSSR count). The highest BCUT2D eigenvalue weighted by molar-refractivity contribution is 5.79. The fraction of sp³-hybridized carbons (Fsp3) is 0.520. The third kappa shape index (κ3) is 3.78. The molecule has 4 fully saturated rings. The number of amides is 1. The van der Waals surface area contributed by atoms with Crippen LogP contribution in [0.5, 0.6) is 11.5 Å². The first-order valence-corrected chi connectivity index (χ1v) is 11.1. The van der Waals surface area contributed by atoms with Crippen LogP contribution in [-0.2, 0) is 11.3 Å². The van der Waals surface area contributed by atoms with Gasteiger partial charge < -0.3 is 18.8 Å². The lowest BCUT2D eigenvalue weighted by Gasteiger charge is -2.60. The Morgan fingerprint density at radius 1 is 1.16 bits per heavy atom. The monoisotopic (exact) mass is 420 g/mol. The van der Waals surface area contributed by atoms with Crippen molar-refractivity contribution in [1.82, 2.24) is 4.90 Å². The zero-order valence-corrected chi connectivity index (χ0v) is 17.9. The van der Waals surface area contributed by atoms with Crippen molar-refractivity contribution in [3.05, 3.63) is 47.9 Å². The summed E-state index contributed by atoms with van der Waals surface area (Å²) >= 11 is 0. The number of hydrogen-bond donors (Lipinski definition) is 0. The summed E-state index contributed by atoms with van der Waals surface area (Å²) in [6.45, 7) is 0.413. The number of furan rings is 1. The number of carbonyl (C=O) groups excluding carboxylic acids is 1. The second kappa shape index (κ2) is 7.96. The van der Waals surface area contributed by atoms with Crippen molar-refractivity contribution in [3.63, 3.8) is 0 Å². The minimum atomic E-state index is -0.0866. The zero-order valence-electron chi connectivity index (χ0n) is 17.9. The number of ether oxygens (including phenoxy) is 2. The van der Waals surface area contributed by atoms with Crippen LogP contribution in [0.1, 0.15) is 49.8 Å². The molecular weight excluding hydrogens is 392 g/mol. The maximum absolute atomic E-state index is 13.5. The lowest BCUT2D eigenvalue weighted by molar-refractivity contribution is -0.155. The molecule has 0 atom stereocenters. The fourth-order valence-corrected chi connectivity index (χ4v) is 6.55. The molecule has 1 amide bonds. The standard InChI is InChI=1S/C25H28N2O4/c1-29-23-10-17(14-26)4-5-22(23)31-16-24(28)27(15-21-3-2-6-30-21)25-11-18-7-19(12-25)9-20(8-18)13-25/h2-6,10,18-20H,7-9,11-13,15-16H2,1H3. The summed E-state index contributed by atoms with van der Waals surface area (Å²) in [6, 6.07) is 10.9. The average Bonchev–Trinajstić information content (AvgIpc) is 3.28. The van der Waals surface area contributed by atoms with E-state index in [9.17, 15) is 4.79 Å².